The van der Waals surface area contributed by atoms with Crippen LogP contribution in [-0.2, 0) is 23.9 Å². The third-order valence-electron chi connectivity index (χ3n) is 5.37. The number of hydrogen-bond acceptors (Lipinski definition) is 9. The maximum Gasteiger partial charge on any atom is 0.338 e. The Hall–Kier alpha value is -3.14. The van der Waals surface area contributed by atoms with Gasteiger partial charge in [0.2, 0.25) is 5.91 Å². The van der Waals surface area contributed by atoms with Gasteiger partial charge in [0.25, 0.3) is 0 Å². The van der Waals surface area contributed by atoms with Crippen LogP contribution in [0.25, 0.3) is 0 Å². The highest BCUT2D eigenvalue weighted by molar-refractivity contribution is 8.04. The quantitative estimate of drug-likeness (QED) is 0.430. The molecule has 0 aromatic heterocycles. The Bertz CT molecular complexity index is 1030. The number of esters is 2. The van der Waals surface area contributed by atoms with Gasteiger partial charge in [-0.15, -0.1) is 0 Å². The first-order chi connectivity index (χ1) is 15.8. The Balaban J connectivity index is 2.25. The number of hydrogen-bond donors (Lipinski definition) is 2. The lowest BCUT2D eigenvalue weighted by Gasteiger charge is -2.33. The van der Waals surface area contributed by atoms with Crippen LogP contribution in [0.3, 0.4) is 0 Å². The number of benzene rings is 1. The minimum atomic E-state index is -0.982. The van der Waals surface area contributed by atoms with E-state index in [0.717, 1.165) is 6.42 Å². The molecule has 0 radical (unpaired) electrons. The SMILES string of the molecule is CCCCOC(=O)C1=C(N)N2C(=O)[C@@H](C)SC2=C(C(=O)OCC)[C@@H]1c1ccc(O)c(OC)c1. The van der Waals surface area contributed by atoms with Crippen molar-refractivity contribution in [3.63, 3.8) is 0 Å². The van der Waals surface area contributed by atoms with Crippen molar-refractivity contribution in [3.05, 3.63) is 45.8 Å². The first-order valence-electron chi connectivity index (χ1n) is 10.7. The van der Waals surface area contributed by atoms with Crippen molar-refractivity contribution in [2.75, 3.05) is 20.3 Å². The van der Waals surface area contributed by atoms with Crippen molar-refractivity contribution in [3.8, 4) is 11.5 Å². The number of amides is 1. The fraction of sp³-hybridized carbons (Fsp3) is 0.435. The molecule has 1 aromatic carbocycles. The minimum Gasteiger partial charge on any atom is -0.504 e. The number of carbonyl (C=O) groups excluding carboxylic acids is 3. The smallest absolute Gasteiger partial charge is 0.338 e. The van der Waals surface area contributed by atoms with Gasteiger partial charge in [0, 0.05) is 0 Å². The molecule has 1 fully saturated rings. The largest absolute Gasteiger partial charge is 0.504 e. The molecule has 0 bridgehead atoms. The predicted octanol–water partition coefficient (Wildman–Crippen LogP) is 2.75. The number of thioether (sulfide) groups is 1. The number of ether oxygens (including phenoxy) is 3. The van der Waals surface area contributed by atoms with E-state index in [9.17, 15) is 19.5 Å². The summed E-state index contributed by atoms with van der Waals surface area (Å²) in [5.41, 5.74) is 6.93. The van der Waals surface area contributed by atoms with Crippen molar-refractivity contribution in [1.29, 1.82) is 0 Å². The Morgan fingerprint density at radius 3 is 2.52 bits per heavy atom. The highest BCUT2D eigenvalue weighted by atomic mass is 32.2. The normalized spacial score (nSPS) is 20.1. The molecule has 1 aromatic rings. The second-order valence-electron chi connectivity index (χ2n) is 7.53. The van der Waals surface area contributed by atoms with Crippen molar-refractivity contribution in [1.82, 2.24) is 4.90 Å². The van der Waals surface area contributed by atoms with Crippen molar-refractivity contribution in [2.45, 2.75) is 44.8 Å². The van der Waals surface area contributed by atoms with Gasteiger partial charge in [-0.3, -0.25) is 9.69 Å². The van der Waals surface area contributed by atoms with Gasteiger partial charge in [-0.1, -0.05) is 31.2 Å². The number of carbonyl (C=O) groups is 3. The molecule has 2 aliphatic heterocycles. The van der Waals surface area contributed by atoms with Crippen LogP contribution in [0.1, 0.15) is 45.1 Å². The number of phenols is 1. The lowest BCUT2D eigenvalue weighted by atomic mass is 9.82. The molecule has 0 aliphatic carbocycles. The zero-order valence-corrected chi connectivity index (χ0v) is 19.9. The molecule has 0 spiro atoms. The maximum absolute atomic E-state index is 13.2. The van der Waals surface area contributed by atoms with Crippen LogP contribution in [0, 0.1) is 0 Å². The lowest BCUT2D eigenvalue weighted by Crippen LogP contribution is -2.40. The standard InChI is InChI=1S/C23H28N2O7S/c1-5-7-10-32-22(28)17-16(13-8-9-14(26)15(11-13)30-4)18(23(29)31-6-2)21-25(19(17)24)20(27)12(3)33-21/h8-9,11-12,16,26H,5-7,10,24H2,1-4H3/t12-,16-/m1/s1. The van der Waals surface area contributed by atoms with E-state index >= 15 is 0 Å². The van der Waals surface area contributed by atoms with Crippen molar-refractivity contribution in [2.24, 2.45) is 5.73 Å². The van der Waals surface area contributed by atoms with Crippen LogP contribution in [0.15, 0.2) is 40.2 Å². The number of methoxy groups -OCH3 is 1. The molecule has 2 heterocycles. The van der Waals surface area contributed by atoms with Gasteiger partial charge in [-0.2, -0.15) is 0 Å². The first kappa shape index (κ1) is 24.5. The Morgan fingerprint density at radius 2 is 1.88 bits per heavy atom. The summed E-state index contributed by atoms with van der Waals surface area (Å²) < 4.78 is 16.0. The molecule has 10 heteroatoms. The summed E-state index contributed by atoms with van der Waals surface area (Å²) in [7, 11) is 1.39. The Kier molecular flexibility index (Phi) is 7.57. The predicted molar refractivity (Wildman–Crippen MR) is 122 cm³/mol. The maximum atomic E-state index is 13.2. The monoisotopic (exact) mass is 476 g/mol. The van der Waals surface area contributed by atoms with Gasteiger partial charge in [0.05, 0.1) is 47.7 Å². The molecule has 0 unspecified atom stereocenters. The van der Waals surface area contributed by atoms with Crippen molar-refractivity contribution >= 4 is 29.6 Å². The molecular formula is C23H28N2O7S. The van der Waals surface area contributed by atoms with E-state index in [4.69, 9.17) is 19.9 Å². The number of aromatic hydroxyl groups is 1. The third kappa shape index (κ3) is 4.52. The van der Waals surface area contributed by atoms with E-state index in [-0.39, 0.29) is 47.6 Å². The summed E-state index contributed by atoms with van der Waals surface area (Å²) >= 11 is 1.18. The van der Waals surface area contributed by atoms with Crippen LogP contribution in [-0.4, -0.2) is 53.4 Å². The molecule has 2 atom stereocenters. The molecule has 0 saturated carbocycles. The number of unbranched alkanes of at least 4 members (excludes halogenated alkanes) is 1. The summed E-state index contributed by atoms with van der Waals surface area (Å²) in [6, 6.07) is 4.49. The van der Waals surface area contributed by atoms with Gasteiger partial charge < -0.3 is 25.1 Å². The average molecular weight is 477 g/mol. The summed E-state index contributed by atoms with van der Waals surface area (Å²) in [4.78, 5) is 40.5. The number of nitrogens with zero attached hydrogens (tertiary/aromatic N) is 1. The highest BCUT2D eigenvalue weighted by Gasteiger charge is 2.49. The molecule has 1 saturated heterocycles. The molecular weight excluding hydrogens is 448 g/mol. The van der Waals surface area contributed by atoms with E-state index < -0.39 is 23.1 Å². The van der Waals surface area contributed by atoms with Gasteiger partial charge >= 0.3 is 11.9 Å². The molecule has 2 aliphatic rings. The van der Waals surface area contributed by atoms with Crippen LogP contribution >= 0.6 is 11.8 Å². The van der Waals surface area contributed by atoms with Crippen molar-refractivity contribution < 1.29 is 33.7 Å². The van der Waals surface area contributed by atoms with Gasteiger partial charge in [0.1, 0.15) is 5.82 Å². The zero-order valence-electron chi connectivity index (χ0n) is 19.0. The second kappa shape index (κ2) is 10.2. The molecule has 9 nitrogen and oxygen atoms in total. The number of rotatable bonds is 8. The lowest BCUT2D eigenvalue weighted by molar-refractivity contribution is -0.140. The third-order valence-corrected chi connectivity index (χ3v) is 6.55. The Morgan fingerprint density at radius 1 is 1.18 bits per heavy atom. The molecule has 33 heavy (non-hydrogen) atoms. The molecule has 3 N–H and O–H groups in total. The van der Waals surface area contributed by atoms with Gasteiger partial charge in [-0.05, 0) is 38.0 Å². The minimum absolute atomic E-state index is 0.0336. The van der Waals surface area contributed by atoms with Crippen LogP contribution in [0.2, 0.25) is 0 Å². The summed E-state index contributed by atoms with van der Waals surface area (Å²) in [5, 5.41) is 9.89. The fourth-order valence-electron chi connectivity index (χ4n) is 3.73. The molecule has 178 valence electrons. The van der Waals surface area contributed by atoms with Gasteiger partial charge in [-0.25, -0.2) is 9.59 Å². The average Bonchev–Trinajstić information content (AvgIpc) is 3.08. The summed E-state index contributed by atoms with van der Waals surface area (Å²) in [6.45, 7) is 5.60. The highest BCUT2D eigenvalue weighted by Crippen LogP contribution is 2.50. The Labute approximate surface area is 196 Å². The van der Waals surface area contributed by atoms with E-state index in [2.05, 4.69) is 0 Å². The number of nitrogens with two attached hydrogens (primary N) is 1. The number of fused-ring (bicyclic) bond motifs is 1. The van der Waals surface area contributed by atoms with E-state index in [0.29, 0.717) is 17.0 Å². The van der Waals surface area contributed by atoms with E-state index in [1.165, 1.54) is 35.9 Å². The summed E-state index contributed by atoms with van der Waals surface area (Å²) in [6.07, 6.45) is 1.47. The van der Waals surface area contributed by atoms with E-state index in [1.54, 1.807) is 19.9 Å². The van der Waals surface area contributed by atoms with Crippen LogP contribution in [0.5, 0.6) is 11.5 Å². The first-order valence-corrected chi connectivity index (χ1v) is 11.6. The fourth-order valence-corrected chi connectivity index (χ4v) is 4.89. The zero-order chi connectivity index (χ0) is 24.3. The van der Waals surface area contributed by atoms with Crippen LogP contribution < -0.4 is 10.5 Å². The molecule has 3 rings (SSSR count). The van der Waals surface area contributed by atoms with E-state index in [1.807, 2.05) is 6.92 Å². The molecule has 1 amide bonds. The summed E-state index contributed by atoms with van der Waals surface area (Å²) in [5.74, 6) is -2.75. The number of phenolic OH excluding ortho intramolecular Hbond substituents is 1. The van der Waals surface area contributed by atoms with Gasteiger partial charge in [0.15, 0.2) is 11.5 Å². The second-order valence-corrected chi connectivity index (χ2v) is 8.86. The van der Waals surface area contributed by atoms with Crippen LogP contribution in [0.4, 0.5) is 0 Å². The topological polar surface area (TPSA) is 128 Å².